The summed E-state index contributed by atoms with van der Waals surface area (Å²) in [5, 5.41) is 13.8. The van der Waals surface area contributed by atoms with E-state index in [9.17, 15) is 18.5 Å². The quantitative estimate of drug-likeness (QED) is 0.528. The van der Waals surface area contributed by atoms with Gasteiger partial charge < -0.3 is 10.4 Å². The van der Waals surface area contributed by atoms with Gasteiger partial charge in [-0.1, -0.05) is 12.1 Å². The summed E-state index contributed by atoms with van der Waals surface area (Å²) >= 11 is 0. The number of hydrogen-bond donors (Lipinski definition) is 2. The van der Waals surface area contributed by atoms with Crippen molar-refractivity contribution in [3.8, 4) is 0 Å². The fourth-order valence-corrected chi connectivity index (χ4v) is 3.55. The fraction of sp³-hybridized carbons (Fsp3) is 0.381. The molecule has 0 saturated heterocycles. The summed E-state index contributed by atoms with van der Waals surface area (Å²) in [5.41, 5.74) is -2.43. The second kappa shape index (κ2) is 8.13. The summed E-state index contributed by atoms with van der Waals surface area (Å²) in [7, 11) is -0.220. The molecule has 0 aliphatic carbocycles. The summed E-state index contributed by atoms with van der Waals surface area (Å²) in [4.78, 5) is 12.9. The van der Waals surface area contributed by atoms with Crippen LogP contribution in [0.2, 0.25) is 0 Å². The smallest absolute Gasteiger partial charge is 0.303 e. The summed E-state index contributed by atoms with van der Waals surface area (Å²) in [6.45, 7) is 6.83. The zero-order chi connectivity index (χ0) is 23.1. The number of alkyl halides is 2. The van der Waals surface area contributed by atoms with Gasteiger partial charge in [-0.15, -0.1) is 0 Å². The average Bonchev–Trinajstić information content (AvgIpc) is 2.66. The minimum Gasteiger partial charge on any atom is -0.384 e. The molecule has 0 spiro atoms. The number of nitrogens with one attached hydrogen (secondary N) is 1. The molecule has 0 bridgehead atoms. The zero-order valence-electron chi connectivity index (χ0n) is 17.7. The zero-order valence-corrected chi connectivity index (χ0v) is 18.6. The topological polar surface area (TPSA) is 88.0 Å². The number of benzene rings is 1. The third kappa shape index (κ3) is 4.25. The van der Waals surface area contributed by atoms with Crippen molar-refractivity contribution in [2.75, 3.05) is 5.32 Å². The Balaban J connectivity index is 2.07. The number of fused-ring (bicyclic) bond motifs is 1. The molecule has 3 rings (SSSR count). The third-order valence-corrected chi connectivity index (χ3v) is 5.67. The fourth-order valence-electron chi connectivity index (χ4n) is 3.18. The highest BCUT2D eigenvalue weighted by Crippen LogP contribution is 2.41. The number of rotatable bonds is 6. The van der Waals surface area contributed by atoms with Crippen LogP contribution in [0.1, 0.15) is 49.5 Å². The van der Waals surface area contributed by atoms with Crippen LogP contribution in [0.25, 0.3) is 11.0 Å². The Morgan fingerprint density at radius 2 is 1.84 bits per heavy atom. The van der Waals surface area contributed by atoms with Crippen LogP contribution < -0.4 is 10.6 Å². The van der Waals surface area contributed by atoms with Crippen molar-refractivity contribution >= 4 is 30.6 Å². The number of halogens is 3. The highest BCUT2D eigenvalue weighted by Gasteiger charge is 2.49. The SMILES string of the molecule is Cc1nc(N[C@H](C)c2cccc(C(F)(F)C(C)(C)O)c2F)c2cc(P=O)c(C)nc2n1. The Hall–Kier alpha value is -2.64. The Kier molecular flexibility index (Phi) is 6.04. The Labute approximate surface area is 179 Å². The Morgan fingerprint density at radius 3 is 2.45 bits per heavy atom. The third-order valence-electron chi connectivity index (χ3n) is 5.02. The molecule has 3 aromatic rings. The lowest BCUT2D eigenvalue weighted by atomic mass is 9.91. The second-order valence-corrected chi connectivity index (χ2v) is 8.55. The molecule has 31 heavy (non-hydrogen) atoms. The molecule has 0 aliphatic heterocycles. The van der Waals surface area contributed by atoms with Gasteiger partial charge >= 0.3 is 5.92 Å². The van der Waals surface area contributed by atoms with Crippen LogP contribution in [0, 0.1) is 19.7 Å². The van der Waals surface area contributed by atoms with E-state index in [4.69, 9.17) is 0 Å². The largest absolute Gasteiger partial charge is 0.384 e. The van der Waals surface area contributed by atoms with Gasteiger partial charge in [-0.3, -0.25) is 4.57 Å². The minimum absolute atomic E-state index is 0.0203. The minimum atomic E-state index is -3.80. The molecule has 1 aromatic carbocycles. The van der Waals surface area contributed by atoms with E-state index < -0.39 is 28.9 Å². The highest BCUT2D eigenvalue weighted by molar-refractivity contribution is 7.34. The van der Waals surface area contributed by atoms with E-state index in [1.807, 2.05) is 0 Å². The first-order valence-electron chi connectivity index (χ1n) is 9.51. The molecule has 0 fully saturated rings. The van der Waals surface area contributed by atoms with Gasteiger partial charge in [0, 0.05) is 5.56 Å². The van der Waals surface area contributed by atoms with Gasteiger partial charge in [0.1, 0.15) is 23.1 Å². The van der Waals surface area contributed by atoms with Crippen LogP contribution in [-0.2, 0) is 10.5 Å². The van der Waals surface area contributed by atoms with E-state index >= 15 is 4.39 Å². The maximum Gasteiger partial charge on any atom is 0.303 e. The molecule has 0 unspecified atom stereocenters. The van der Waals surface area contributed by atoms with E-state index in [1.165, 1.54) is 12.1 Å². The van der Waals surface area contributed by atoms with Crippen LogP contribution >= 0.6 is 8.46 Å². The molecule has 10 heteroatoms. The predicted octanol–water partition coefficient (Wildman–Crippen LogP) is 4.73. The first-order chi connectivity index (χ1) is 14.4. The van der Waals surface area contributed by atoms with Crippen molar-refractivity contribution in [1.29, 1.82) is 0 Å². The monoisotopic (exact) mass is 450 g/mol. The number of aliphatic hydroxyl groups is 1. The molecular formula is C21H22F3N4O2P. The van der Waals surface area contributed by atoms with E-state index in [1.54, 1.807) is 26.8 Å². The lowest BCUT2D eigenvalue weighted by Gasteiger charge is -2.30. The molecule has 2 N–H and O–H groups in total. The molecule has 1 atom stereocenters. The van der Waals surface area contributed by atoms with Gasteiger partial charge in [-0.05, 0) is 46.8 Å². The molecule has 0 aliphatic rings. The van der Waals surface area contributed by atoms with Crippen molar-refractivity contribution < 1.29 is 22.8 Å². The molecule has 2 aromatic heterocycles. The summed E-state index contributed by atoms with van der Waals surface area (Å²) < 4.78 is 55.7. The Morgan fingerprint density at radius 1 is 1.16 bits per heavy atom. The highest BCUT2D eigenvalue weighted by atomic mass is 31.1. The van der Waals surface area contributed by atoms with Crippen LogP contribution in [0.4, 0.5) is 19.0 Å². The molecule has 0 radical (unpaired) electrons. The summed E-state index contributed by atoms with van der Waals surface area (Å²) in [6, 6.07) is 4.52. The van der Waals surface area contributed by atoms with Gasteiger partial charge in [0.05, 0.1) is 28.0 Å². The summed E-state index contributed by atoms with van der Waals surface area (Å²) in [6.07, 6.45) is 0. The maximum absolute atomic E-state index is 15.1. The lowest BCUT2D eigenvalue weighted by Crippen LogP contribution is -2.41. The molecule has 0 saturated carbocycles. The number of anilines is 1. The number of nitrogens with zero attached hydrogens (tertiary/aromatic N) is 3. The van der Waals surface area contributed by atoms with Gasteiger partial charge in [-0.2, -0.15) is 8.78 Å². The van der Waals surface area contributed by atoms with Crippen molar-refractivity contribution in [3.63, 3.8) is 0 Å². The van der Waals surface area contributed by atoms with Crippen molar-refractivity contribution in [2.45, 2.75) is 52.2 Å². The molecule has 164 valence electrons. The second-order valence-electron chi connectivity index (χ2n) is 7.88. The van der Waals surface area contributed by atoms with E-state index in [2.05, 4.69) is 20.3 Å². The first kappa shape index (κ1) is 23.0. The average molecular weight is 450 g/mol. The van der Waals surface area contributed by atoms with Crippen molar-refractivity contribution in [3.05, 3.63) is 52.7 Å². The van der Waals surface area contributed by atoms with E-state index in [0.717, 1.165) is 19.9 Å². The van der Waals surface area contributed by atoms with Crippen LogP contribution in [-0.4, -0.2) is 25.7 Å². The lowest BCUT2D eigenvalue weighted by molar-refractivity contribution is -0.170. The van der Waals surface area contributed by atoms with Gasteiger partial charge in [0.15, 0.2) is 14.1 Å². The van der Waals surface area contributed by atoms with Crippen molar-refractivity contribution in [1.82, 2.24) is 15.0 Å². The number of aromatic nitrogens is 3. The number of pyridine rings is 1. The Bertz CT molecular complexity index is 1170. The standard InChI is InChI=1S/C21H22F3N4O2P/c1-10(13-7-6-8-15(17(13)22)21(23,24)20(4,5)29)25-18-14-9-16(31-30)11(2)26-19(14)28-12(3)27-18/h6-10,29H,1-5H3,(H,25,26,27,28)/t10-/m1/s1. The van der Waals surface area contributed by atoms with Crippen LogP contribution in [0.5, 0.6) is 0 Å². The normalized spacial score (nSPS) is 13.6. The summed E-state index contributed by atoms with van der Waals surface area (Å²) in [5.74, 6) is -4.19. The van der Waals surface area contributed by atoms with Crippen LogP contribution in [0.15, 0.2) is 24.3 Å². The van der Waals surface area contributed by atoms with Gasteiger partial charge in [0.25, 0.3) is 0 Å². The molecular weight excluding hydrogens is 428 g/mol. The molecule has 6 nitrogen and oxygen atoms in total. The van der Waals surface area contributed by atoms with Crippen LogP contribution in [0.3, 0.4) is 0 Å². The van der Waals surface area contributed by atoms with E-state index in [0.29, 0.717) is 33.7 Å². The predicted molar refractivity (Wildman–Crippen MR) is 113 cm³/mol. The molecule has 2 heterocycles. The number of hydrogen-bond acceptors (Lipinski definition) is 6. The number of aryl methyl sites for hydroxylation is 2. The van der Waals surface area contributed by atoms with E-state index in [-0.39, 0.29) is 14.0 Å². The first-order valence-corrected chi connectivity index (χ1v) is 10.3. The maximum atomic E-state index is 15.1. The van der Waals surface area contributed by atoms with Crippen molar-refractivity contribution in [2.24, 2.45) is 0 Å². The van der Waals surface area contributed by atoms with Gasteiger partial charge in [0.2, 0.25) is 0 Å². The molecule has 0 amide bonds. The van der Waals surface area contributed by atoms with Gasteiger partial charge in [-0.25, -0.2) is 19.3 Å².